The van der Waals surface area contributed by atoms with Crippen molar-refractivity contribution in [3.05, 3.63) is 46.0 Å². The summed E-state index contributed by atoms with van der Waals surface area (Å²) in [6.45, 7) is 0. The van der Waals surface area contributed by atoms with Crippen molar-refractivity contribution in [2.24, 2.45) is 0 Å². The number of amides is 1. The van der Waals surface area contributed by atoms with Gasteiger partial charge in [-0.25, -0.2) is 0 Å². The largest absolute Gasteiger partial charge is 0.343 e. The minimum absolute atomic E-state index is 0.119. The molecule has 1 heterocycles. The molecule has 0 bridgehead atoms. The van der Waals surface area contributed by atoms with Crippen molar-refractivity contribution in [3.8, 4) is 0 Å². The van der Waals surface area contributed by atoms with Gasteiger partial charge in [0, 0.05) is 17.8 Å². The number of nitrogens with one attached hydrogen (secondary N) is 1. The first-order valence-electron chi connectivity index (χ1n) is 5.16. The molecule has 1 aliphatic rings. The fraction of sp³-hybridized carbons (Fsp3) is 0.364. The molecular formula is C11H12N2O3. The third-order valence-corrected chi connectivity index (χ3v) is 2.80. The number of hydrogen-bond donors (Lipinski definition) is 1. The van der Waals surface area contributed by atoms with Crippen LogP contribution in [0.2, 0.25) is 0 Å². The van der Waals surface area contributed by atoms with Crippen LogP contribution in [0.1, 0.15) is 24.4 Å². The molecule has 1 amide bonds. The lowest BCUT2D eigenvalue weighted by atomic mass is 9.92. The molecule has 16 heavy (non-hydrogen) atoms. The van der Waals surface area contributed by atoms with E-state index in [0.717, 1.165) is 5.56 Å². The highest BCUT2D eigenvalue weighted by Gasteiger charge is 2.37. The molecule has 5 heteroatoms. The average molecular weight is 220 g/mol. The van der Waals surface area contributed by atoms with Gasteiger partial charge in [0.2, 0.25) is 11.9 Å². The second-order valence-corrected chi connectivity index (χ2v) is 3.85. The quantitative estimate of drug-likeness (QED) is 0.602. The first kappa shape index (κ1) is 10.6. The number of nitrogens with zero attached hydrogens (tertiary/aromatic N) is 1. The van der Waals surface area contributed by atoms with E-state index in [-0.39, 0.29) is 17.3 Å². The lowest BCUT2D eigenvalue weighted by molar-refractivity contribution is -0.529. The Morgan fingerprint density at radius 1 is 1.31 bits per heavy atom. The minimum Gasteiger partial charge on any atom is -0.343 e. The van der Waals surface area contributed by atoms with E-state index in [4.69, 9.17) is 0 Å². The fourth-order valence-corrected chi connectivity index (χ4v) is 1.98. The van der Waals surface area contributed by atoms with Crippen LogP contribution >= 0.6 is 0 Å². The second-order valence-electron chi connectivity index (χ2n) is 3.85. The van der Waals surface area contributed by atoms with Gasteiger partial charge < -0.3 is 5.32 Å². The summed E-state index contributed by atoms with van der Waals surface area (Å²) in [4.78, 5) is 21.9. The van der Waals surface area contributed by atoms with E-state index in [1.54, 1.807) is 12.1 Å². The van der Waals surface area contributed by atoms with Gasteiger partial charge in [-0.1, -0.05) is 30.3 Å². The summed E-state index contributed by atoms with van der Waals surface area (Å²) in [7, 11) is 0. The predicted octanol–water partition coefficient (Wildman–Crippen LogP) is 1.28. The van der Waals surface area contributed by atoms with E-state index in [2.05, 4.69) is 5.32 Å². The van der Waals surface area contributed by atoms with Crippen molar-refractivity contribution in [3.63, 3.8) is 0 Å². The zero-order valence-corrected chi connectivity index (χ0v) is 8.63. The maximum absolute atomic E-state index is 11.3. The van der Waals surface area contributed by atoms with Gasteiger partial charge in [-0.15, -0.1) is 0 Å². The SMILES string of the molecule is O=C1CCC([N+](=O)[O-])C(c2ccccc2)N1. The molecule has 0 aliphatic carbocycles. The van der Waals surface area contributed by atoms with Crippen LogP contribution < -0.4 is 5.32 Å². The van der Waals surface area contributed by atoms with Gasteiger partial charge in [-0.3, -0.25) is 14.9 Å². The molecule has 0 aromatic heterocycles. The lowest BCUT2D eigenvalue weighted by Crippen LogP contribution is -2.45. The van der Waals surface area contributed by atoms with Crippen LogP contribution in [0.4, 0.5) is 0 Å². The van der Waals surface area contributed by atoms with Crippen molar-refractivity contribution < 1.29 is 9.72 Å². The molecule has 1 N–H and O–H groups in total. The second kappa shape index (κ2) is 4.30. The molecule has 84 valence electrons. The first-order valence-corrected chi connectivity index (χ1v) is 5.16. The van der Waals surface area contributed by atoms with Crippen LogP contribution in [0.15, 0.2) is 30.3 Å². The van der Waals surface area contributed by atoms with E-state index >= 15 is 0 Å². The van der Waals surface area contributed by atoms with E-state index in [1.165, 1.54) is 0 Å². The Kier molecular flexibility index (Phi) is 2.85. The smallest absolute Gasteiger partial charge is 0.237 e. The zero-order chi connectivity index (χ0) is 11.5. The Morgan fingerprint density at radius 2 is 2.00 bits per heavy atom. The van der Waals surface area contributed by atoms with Crippen molar-refractivity contribution in [2.75, 3.05) is 0 Å². The summed E-state index contributed by atoms with van der Waals surface area (Å²) in [5, 5.41) is 13.6. The van der Waals surface area contributed by atoms with Crippen LogP contribution in [0.5, 0.6) is 0 Å². The number of hydrogen-bond acceptors (Lipinski definition) is 3. The molecule has 2 unspecified atom stereocenters. The molecule has 0 saturated carbocycles. The third kappa shape index (κ3) is 2.03. The van der Waals surface area contributed by atoms with E-state index in [9.17, 15) is 14.9 Å². The maximum Gasteiger partial charge on any atom is 0.237 e. The summed E-state index contributed by atoms with van der Waals surface area (Å²) in [5.74, 6) is -0.119. The number of piperidine rings is 1. The third-order valence-electron chi connectivity index (χ3n) is 2.80. The highest BCUT2D eigenvalue weighted by Crippen LogP contribution is 2.25. The monoisotopic (exact) mass is 220 g/mol. The van der Waals surface area contributed by atoms with Gasteiger partial charge in [-0.05, 0) is 5.56 Å². The topological polar surface area (TPSA) is 72.2 Å². The Hall–Kier alpha value is -1.91. The highest BCUT2D eigenvalue weighted by atomic mass is 16.6. The lowest BCUT2D eigenvalue weighted by Gasteiger charge is -2.26. The van der Waals surface area contributed by atoms with Crippen molar-refractivity contribution in [2.45, 2.75) is 24.9 Å². The Morgan fingerprint density at radius 3 is 2.62 bits per heavy atom. The summed E-state index contributed by atoms with van der Waals surface area (Å²) in [6, 6.07) is 7.84. The molecule has 1 fully saturated rings. The zero-order valence-electron chi connectivity index (χ0n) is 8.63. The number of carbonyl (C=O) groups excluding carboxylic acids is 1. The van der Waals surface area contributed by atoms with Gasteiger partial charge in [-0.2, -0.15) is 0 Å². The van der Waals surface area contributed by atoms with Gasteiger partial charge >= 0.3 is 0 Å². The molecule has 0 radical (unpaired) electrons. The molecule has 0 spiro atoms. The number of rotatable bonds is 2. The summed E-state index contributed by atoms with van der Waals surface area (Å²) < 4.78 is 0. The van der Waals surface area contributed by atoms with Crippen LogP contribution in [-0.2, 0) is 4.79 Å². The van der Waals surface area contributed by atoms with Gasteiger partial charge in [0.05, 0.1) is 0 Å². The summed E-state index contributed by atoms with van der Waals surface area (Å²) in [5.41, 5.74) is 0.789. The standard InChI is InChI=1S/C11H12N2O3/c14-10-7-6-9(13(15)16)11(12-10)8-4-2-1-3-5-8/h1-5,9,11H,6-7H2,(H,12,14). The molecule has 1 aromatic carbocycles. The minimum atomic E-state index is -0.722. The Labute approximate surface area is 92.6 Å². The molecule has 5 nitrogen and oxygen atoms in total. The Balaban J connectivity index is 2.27. The molecule has 1 aliphatic heterocycles. The van der Waals surface area contributed by atoms with Crippen molar-refractivity contribution in [1.82, 2.24) is 5.32 Å². The highest BCUT2D eigenvalue weighted by molar-refractivity contribution is 5.77. The number of benzene rings is 1. The molecule has 1 saturated heterocycles. The van der Waals surface area contributed by atoms with Crippen molar-refractivity contribution >= 4 is 5.91 Å². The van der Waals surface area contributed by atoms with Crippen LogP contribution in [0.25, 0.3) is 0 Å². The normalized spacial score (nSPS) is 24.9. The van der Waals surface area contributed by atoms with E-state index in [1.807, 2.05) is 18.2 Å². The maximum atomic E-state index is 11.3. The summed E-state index contributed by atoms with van der Waals surface area (Å²) in [6.07, 6.45) is 0.535. The molecular weight excluding hydrogens is 208 g/mol. The fourth-order valence-electron chi connectivity index (χ4n) is 1.98. The number of nitro groups is 1. The van der Waals surface area contributed by atoms with Crippen LogP contribution in [0, 0.1) is 10.1 Å². The van der Waals surface area contributed by atoms with Gasteiger partial charge in [0.1, 0.15) is 6.04 Å². The molecule has 2 rings (SSSR count). The van der Waals surface area contributed by atoms with Gasteiger partial charge in [0.15, 0.2) is 0 Å². The van der Waals surface area contributed by atoms with E-state index < -0.39 is 12.1 Å². The average Bonchev–Trinajstić information content (AvgIpc) is 2.29. The number of carbonyl (C=O) groups is 1. The van der Waals surface area contributed by atoms with Crippen molar-refractivity contribution in [1.29, 1.82) is 0 Å². The predicted molar refractivity (Wildman–Crippen MR) is 57.3 cm³/mol. The Bertz CT molecular complexity index is 405. The molecule has 2 atom stereocenters. The van der Waals surface area contributed by atoms with E-state index in [0.29, 0.717) is 6.42 Å². The van der Waals surface area contributed by atoms with Crippen LogP contribution in [0.3, 0.4) is 0 Å². The van der Waals surface area contributed by atoms with Gasteiger partial charge in [0.25, 0.3) is 0 Å². The first-order chi connectivity index (χ1) is 7.68. The summed E-state index contributed by atoms with van der Waals surface area (Å²) >= 11 is 0. The molecule has 1 aromatic rings. The van der Waals surface area contributed by atoms with Crippen LogP contribution in [-0.4, -0.2) is 16.9 Å².